The molecule has 1 atom stereocenters. The molecule has 4 N–H and O–H groups in total. The Morgan fingerprint density at radius 1 is 0.864 bits per heavy atom. The number of nitrogens with two attached hydrogens (primary N) is 1. The SMILES string of the molecule is NC(c1ccc2[nH]c(=O)[nH]c2c1)c1cccc2ccccc12. The van der Waals surface area contributed by atoms with Gasteiger partial charge in [-0.3, -0.25) is 0 Å². The molecule has 4 nitrogen and oxygen atoms in total. The van der Waals surface area contributed by atoms with Gasteiger partial charge in [0.05, 0.1) is 17.1 Å². The number of aromatic nitrogens is 2. The van der Waals surface area contributed by atoms with E-state index in [2.05, 4.69) is 34.2 Å². The minimum Gasteiger partial charge on any atom is -0.320 e. The lowest BCUT2D eigenvalue weighted by atomic mass is 9.94. The van der Waals surface area contributed by atoms with Crippen LogP contribution in [0.5, 0.6) is 0 Å². The zero-order valence-corrected chi connectivity index (χ0v) is 11.8. The van der Waals surface area contributed by atoms with Crippen LogP contribution in [0.1, 0.15) is 17.2 Å². The fourth-order valence-corrected chi connectivity index (χ4v) is 2.94. The lowest BCUT2D eigenvalue weighted by Crippen LogP contribution is -2.12. The van der Waals surface area contributed by atoms with Crippen LogP contribution in [0.4, 0.5) is 0 Å². The molecule has 0 aliphatic carbocycles. The first kappa shape index (κ1) is 12.9. The molecule has 1 aromatic heterocycles. The van der Waals surface area contributed by atoms with E-state index in [1.54, 1.807) is 0 Å². The van der Waals surface area contributed by atoms with Crippen LogP contribution in [0.3, 0.4) is 0 Å². The largest absolute Gasteiger partial charge is 0.323 e. The molecular weight excluding hydrogens is 274 g/mol. The summed E-state index contributed by atoms with van der Waals surface area (Å²) in [6, 6.07) is 19.9. The maximum absolute atomic E-state index is 11.4. The fraction of sp³-hybridized carbons (Fsp3) is 0.0556. The number of fused-ring (bicyclic) bond motifs is 2. The Balaban J connectivity index is 1.87. The van der Waals surface area contributed by atoms with E-state index in [4.69, 9.17) is 5.73 Å². The second kappa shape index (κ2) is 4.86. The molecule has 4 heteroatoms. The Morgan fingerprint density at radius 2 is 1.64 bits per heavy atom. The molecule has 0 spiro atoms. The molecule has 0 saturated carbocycles. The van der Waals surface area contributed by atoms with Crippen LogP contribution in [0, 0.1) is 0 Å². The van der Waals surface area contributed by atoms with Crippen LogP contribution in [0.2, 0.25) is 0 Å². The van der Waals surface area contributed by atoms with Crippen molar-refractivity contribution in [2.24, 2.45) is 5.73 Å². The number of benzene rings is 3. The summed E-state index contributed by atoms with van der Waals surface area (Å²) in [5.74, 6) is 0. The highest BCUT2D eigenvalue weighted by Crippen LogP contribution is 2.28. The lowest BCUT2D eigenvalue weighted by Gasteiger charge is -2.15. The predicted molar refractivity (Wildman–Crippen MR) is 88.9 cm³/mol. The average molecular weight is 289 g/mol. The quantitative estimate of drug-likeness (QED) is 0.530. The molecule has 22 heavy (non-hydrogen) atoms. The number of hydrogen-bond donors (Lipinski definition) is 3. The molecule has 0 saturated heterocycles. The standard InChI is InChI=1S/C18H15N3O/c19-17(12-8-9-15-16(10-12)21-18(22)20-15)14-7-3-5-11-4-1-2-6-13(11)14/h1-10,17H,19H2,(H2,20,21,22). The Bertz CT molecular complexity index is 1020. The molecule has 0 amide bonds. The van der Waals surface area contributed by atoms with Crippen molar-refractivity contribution in [2.45, 2.75) is 6.04 Å². The Morgan fingerprint density at radius 3 is 2.55 bits per heavy atom. The third-order valence-electron chi connectivity index (χ3n) is 4.06. The van der Waals surface area contributed by atoms with Gasteiger partial charge in [-0.25, -0.2) is 4.79 Å². The maximum atomic E-state index is 11.4. The molecule has 3 aromatic carbocycles. The summed E-state index contributed by atoms with van der Waals surface area (Å²) in [6.45, 7) is 0. The summed E-state index contributed by atoms with van der Waals surface area (Å²) in [5, 5.41) is 2.33. The van der Waals surface area contributed by atoms with Crippen molar-refractivity contribution in [1.29, 1.82) is 0 Å². The first-order valence-corrected chi connectivity index (χ1v) is 7.17. The first-order chi connectivity index (χ1) is 10.7. The minimum absolute atomic E-state index is 0.203. The van der Waals surface area contributed by atoms with Gasteiger partial charge in [0.15, 0.2) is 0 Å². The number of imidazole rings is 1. The van der Waals surface area contributed by atoms with Gasteiger partial charge in [-0.05, 0) is 34.0 Å². The monoisotopic (exact) mass is 289 g/mol. The Hall–Kier alpha value is -2.85. The number of H-pyrrole nitrogens is 2. The van der Waals surface area contributed by atoms with Crippen molar-refractivity contribution in [1.82, 2.24) is 9.97 Å². The fourth-order valence-electron chi connectivity index (χ4n) is 2.94. The summed E-state index contributed by atoms with van der Waals surface area (Å²) >= 11 is 0. The van der Waals surface area contributed by atoms with E-state index >= 15 is 0 Å². The van der Waals surface area contributed by atoms with Gasteiger partial charge in [-0.2, -0.15) is 0 Å². The highest BCUT2D eigenvalue weighted by molar-refractivity contribution is 5.86. The lowest BCUT2D eigenvalue weighted by molar-refractivity contribution is 0.882. The third kappa shape index (κ3) is 2.01. The molecule has 4 aromatic rings. The van der Waals surface area contributed by atoms with Crippen LogP contribution in [-0.4, -0.2) is 9.97 Å². The normalized spacial score (nSPS) is 12.8. The molecule has 0 aliphatic heterocycles. The van der Waals surface area contributed by atoms with Gasteiger partial charge in [0.25, 0.3) is 0 Å². The highest BCUT2D eigenvalue weighted by Gasteiger charge is 2.13. The average Bonchev–Trinajstić information content (AvgIpc) is 2.92. The van der Waals surface area contributed by atoms with Gasteiger partial charge in [-0.1, -0.05) is 48.5 Å². The summed E-state index contributed by atoms with van der Waals surface area (Å²) in [4.78, 5) is 16.9. The summed E-state index contributed by atoms with van der Waals surface area (Å²) in [6.07, 6.45) is 0. The molecule has 0 bridgehead atoms. The molecule has 1 unspecified atom stereocenters. The van der Waals surface area contributed by atoms with E-state index in [1.165, 1.54) is 5.39 Å². The maximum Gasteiger partial charge on any atom is 0.323 e. The van der Waals surface area contributed by atoms with Gasteiger partial charge >= 0.3 is 5.69 Å². The van der Waals surface area contributed by atoms with E-state index in [0.29, 0.717) is 0 Å². The van der Waals surface area contributed by atoms with Crippen molar-refractivity contribution < 1.29 is 0 Å². The summed E-state index contributed by atoms with van der Waals surface area (Å²) < 4.78 is 0. The predicted octanol–water partition coefficient (Wildman–Crippen LogP) is 3.06. The minimum atomic E-state index is -0.242. The second-order valence-electron chi connectivity index (χ2n) is 5.43. The molecule has 0 radical (unpaired) electrons. The van der Waals surface area contributed by atoms with Crippen molar-refractivity contribution in [3.63, 3.8) is 0 Å². The Kier molecular flexibility index (Phi) is 2.84. The molecule has 0 aliphatic rings. The van der Waals surface area contributed by atoms with Gasteiger partial charge in [0.1, 0.15) is 0 Å². The highest BCUT2D eigenvalue weighted by atomic mass is 16.1. The zero-order valence-electron chi connectivity index (χ0n) is 11.8. The molecule has 4 rings (SSSR count). The molecule has 1 heterocycles. The van der Waals surface area contributed by atoms with Gasteiger partial charge in [-0.15, -0.1) is 0 Å². The zero-order chi connectivity index (χ0) is 15.1. The van der Waals surface area contributed by atoms with Crippen molar-refractivity contribution in [2.75, 3.05) is 0 Å². The summed E-state index contributed by atoms with van der Waals surface area (Å²) in [5.41, 5.74) is 9.89. The first-order valence-electron chi connectivity index (χ1n) is 7.17. The van der Waals surface area contributed by atoms with Crippen LogP contribution < -0.4 is 11.4 Å². The van der Waals surface area contributed by atoms with Crippen molar-refractivity contribution in [3.8, 4) is 0 Å². The van der Waals surface area contributed by atoms with Gasteiger partial charge in [0, 0.05) is 0 Å². The second-order valence-corrected chi connectivity index (χ2v) is 5.43. The smallest absolute Gasteiger partial charge is 0.320 e. The van der Waals surface area contributed by atoms with E-state index in [1.807, 2.05) is 36.4 Å². The van der Waals surface area contributed by atoms with Gasteiger partial charge < -0.3 is 15.7 Å². The van der Waals surface area contributed by atoms with Gasteiger partial charge in [0.2, 0.25) is 0 Å². The number of hydrogen-bond acceptors (Lipinski definition) is 2. The third-order valence-corrected chi connectivity index (χ3v) is 4.06. The van der Waals surface area contributed by atoms with E-state index < -0.39 is 0 Å². The Labute approximate surface area is 126 Å². The molecule has 0 fully saturated rings. The van der Waals surface area contributed by atoms with Crippen LogP contribution >= 0.6 is 0 Å². The van der Waals surface area contributed by atoms with E-state index in [9.17, 15) is 4.79 Å². The van der Waals surface area contributed by atoms with Crippen LogP contribution in [-0.2, 0) is 0 Å². The molecule has 108 valence electrons. The van der Waals surface area contributed by atoms with Crippen LogP contribution in [0.15, 0.2) is 65.5 Å². The summed E-state index contributed by atoms with van der Waals surface area (Å²) in [7, 11) is 0. The van der Waals surface area contributed by atoms with Crippen molar-refractivity contribution in [3.05, 3.63) is 82.3 Å². The number of nitrogens with one attached hydrogen (secondary N) is 2. The topological polar surface area (TPSA) is 74.7 Å². The molecular formula is C18H15N3O. The van der Waals surface area contributed by atoms with Crippen molar-refractivity contribution >= 4 is 21.8 Å². The van der Waals surface area contributed by atoms with Crippen LogP contribution in [0.25, 0.3) is 21.8 Å². The number of aromatic amines is 2. The van der Waals surface area contributed by atoms with E-state index in [0.717, 1.165) is 27.5 Å². The number of rotatable bonds is 2. The van der Waals surface area contributed by atoms with E-state index in [-0.39, 0.29) is 11.7 Å².